The molecule has 0 aliphatic heterocycles. The molecule has 1 unspecified atom stereocenters. The highest BCUT2D eigenvalue weighted by molar-refractivity contribution is 6.70. The van der Waals surface area contributed by atoms with Gasteiger partial charge in [-0.3, -0.25) is 0 Å². The Morgan fingerprint density at radius 3 is 2.46 bits per heavy atom. The summed E-state index contributed by atoms with van der Waals surface area (Å²) in [6.07, 6.45) is 3.81. The van der Waals surface area contributed by atoms with Gasteiger partial charge in [-0.1, -0.05) is 6.92 Å². The molecule has 13 heavy (non-hydrogen) atoms. The molecule has 0 heterocycles. The zero-order chi connectivity index (χ0) is 10.1. The van der Waals surface area contributed by atoms with Crippen LogP contribution in [0.4, 0.5) is 0 Å². The van der Waals surface area contributed by atoms with Crippen molar-refractivity contribution in [2.75, 3.05) is 0 Å². The largest absolute Gasteiger partial charge is 0.547 e. The molecule has 0 aromatic carbocycles. The molecule has 2 heteroatoms. The maximum Gasteiger partial charge on any atom is 0.241 e. The Balaban J connectivity index is 2.72. The van der Waals surface area contributed by atoms with Gasteiger partial charge in [0.1, 0.15) is 0 Å². The van der Waals surface area contributed by atoms with Gasteiger partial charge in [0.15, 0.2) is 0 Å². The first-order valence-corrected chi connectivity index (χ1v) is 8.69. The van der Waals surface area contributed by atoms with Gasteiger partial charge in [-0.05, 0) is 50.9 Å². The summed E-state index contributed by atoms with van der Waals surface area (Å²) in [7, 11) is -1.37. The van der Waals surface area contributed by atoms with E-state index < -0.39 is 8.32 Å². The number of rotatable bonds is 2. The smallest absolute Gasteiger partial charge is 0.241 e. The first-order valence-electron chi connectivity index (χ1n) is 5.29. The zero-order valence-electron chi connectivity index (χ0n) is 9.61. The SMILES string of the molecule is CC1=C(O[Si](C)(C)C)CCCC1C. The third-order valence-corrected chi connectivity index (χ3v) is 3.51. The van der Waals surface area contributed by atoms with E-state index in [0.29, 0.717) is 0 Å². The van der Waals surface area contributed by atoms with E-state index in [4.69, 9.17) is 4.43 Å². The van der Waals surface area contributed by atoms with Gasteiger partial charge in [0.05, 0.1) is 5.76 Å². The van der Waals surface area contributed by atoms with E-state index >= 15 is 0 Å². The minimum absolute atomic E-state index is 0.736. The molecule has 0 saturated heterocycles. The first kappa shape index (κ1) is 10.8. The highest BCUT2D eigenvalue weighted by Crippen LogP contribution is 2.31. The molecule has 0 radical (unpaired) electrons. The van der Waals surface area contributed by atoms with E-state index in [9.17, 15) is 0 Å². The fourth-order valence-electron chi connectivity index (χ4n) is 1.76. The summed E-state index contributed by atoms with van der Waals surface area (Å²) in [4.78, 5) is 0. The lowest BCUT2D eigenvalue weighted by atomic mass is 9.89. The van der Waals surface area contributed by atoms with Crippen molar-refractivity contribution in [3.8, 4) is 0 Å². The molecular weight excluding hydrogens is 176 g/mol. The zero-order valence-corrected chi connectivity index (χ0v) is 10.6. The minimum atomic E-state index is -1.37. The molecule has 1 atom stereocenters. The fraction of sp³-hybridized carbons (Fsp3) is 0.818. The summed E-state index contributed by atoms with van der Waals surface area (Å²) >= 11 is 0. The topological polar surface area (TPSA) is 9.23 Å². The van der Waals surface area contributed by atoms with Crippen molar-refractivity contribution in [1.29, 1.82) is 0 Å². The fourth-order valence-corrected chi connectivity index (χ4v) is 2.76. The van der Waals surface area contributed by atoms with Crippen molar-refractivity contribution in [1.82, 2.24) is 0 Å². The molecule has 1 nitrogen and oxygen atoms in total. The van der Waals surface area contributed by atoms with Crippen LogP contribution in [0, 0.1) is 5.92 Å². The molecule has 1 aliphatic carbocycles. The molecule has 0 spiro atoms. The van der Waals surface area contributed by atoms with Crippen LogP contribution in [0.15, 0.2) is 11.3 Å². The molecule has 1 aliphatic rings. The van der Waals surface area contributed by atoms with E-state index in [1.165, 1.54) is 30.6 Å². The molecule has 0 saturated carbocycles. The molecule has 0 aromatic heterocycles. The summed E-state index contributed by atoms with van der Waals surface area (Å²) in [6, 6.07) is 0. The second kappa shape index (κ2) is 3.87. The van der Waals surface area contributed by atoms with Crippen molar-refractivity contribution in [3.05, 3.63) is 11.3 Å². The first-order chi connectivity index (χ1) is 5.90. The summed E-state index contributed by atoms with van der Waals surface area (Å²) in [5.74, 6) is 2.04. The van der Waals surface area contributed by atoms with Crippen LogP contribution in [0.1, 0.15) is 33.1 Å². The summed E-state index contributed by atoms with van der Waals surface area (Å²) in [5, 5.41) is 0. The summed E-state index contributed by atoms with van der Waals surface area (Å²) in [6.45, 7) is 11.3. The average Bonchev–Trinajstić information content (AvgIpc) is 1.96. The summed E-state index contributed by atoms with van der Waals surface area (Å²) in [5.41, 5.74) is 1.49. The van der Waals surface area contributed by atoms with Gasteiger partial charge in [-0.25, -0.2) is 0 Å². The van der Waals surface area contributed by atoms with E-state index in [0.717, 1.165) is 5.92 Å². The second-order valence-corrected chi connectivity index (χ2v) is 9.54. The lowest BCUT2D eigenvalue weighted by Crippen LogP contribution is -2.26. The average molecular weight is 198 g/mol. The molecular formula is C11H22OSi. The van der Waals surface area contributed by atoms with Crippen molar-refractivity contribution in [2.45, 2.75) is 52.8 Å². The van der Waals surface area contributed by atoms with Crippen molar-refractivity contribution >= 4 is 8.32 Å². The number of hydrogen-bond donors (Lipinski definition) is 0. The van der Waals surface area contributed by atoms with Crippen molar-refractivity contribution in [3.63, 3.8) is 0 Å². The minimum Gasteiger partial charge on any atom is -0.547 e. The van der Waals surface area contributed by atoms with Gasteiger partial charge in [-0.2, -0.15) is 0 Å². The third-order valence-electron chi connectivity index (χ3n) is 2.65. The van der Waals surface area contributed by atoms with Crippen LogP contribution in [0.25, 0.3) is 0 Å². The molecule has 0 N–H and O–H groups in total. The number of allylic oxidation sites excluding steroid dienone is 2. The van der Waals surface area contributed by atoms with E-state index in [-0.39, 0.29) is 0 Å². The van der Waals surface area contributed by atoms with Crippen LogP contribution in [0.2, 0.25) is 19.6 Å². The Kier molecular flexibility index (Phi) is 3.22. The molecule has 0 aromatic rings. The van der Waals surface area contributed by atoms with Gasteiger partial charge in [-0.15, -0.1) is 0 Å². The van der Waals surface area contributed by atoms with Crippen LogP contribution in [0.3, 0.4) is 0 Å². The van der Waals surface area contributed by atoms with Gasteiger partial charge in [0.25, 0.3) is 0 Å². The molecule has 0 fully saturated rings. The van der Waals surface area contributed by atoms with E-state index in [1.54, 1.807) is 0 Å². The quantitative estimate of drug-likeness (QED) is 0.611. The predicted molar refractivity (Wildman–Crippen MR) is 60.1 cm³/mol. The van der Waals surface area contributed by atoms with Crippen LogP contribution in [-0.2, 0) is 4.43 Å². The predicted octanol–water partition coefficient (Wildman–Crippen LogP) is 3.93. The third kappa shape index (κ3) is 3.18. The van der Waals surface area contributed by atoms with Crippen LogP contribution < -0.4 is 0 Å². The van der Waals surface area contributed by atoms with Gasteiger partial charge in [0, 0.05) is 6.42 Å². The Labute approximate surface area is 83.3 Å². The highest BCUT2D eigenvalue weighted by Gasteiger charge is 2.23. The molecule has 0 amide bonds. The second-order valence-electron chi connectivity index (χ2n) is 5.11. The maximum absolute atomic E-state index is 6.08. The summed E-state index contributed by atoms with van der Waals surface area (Å²) < 4.78 is 6.08. The lowest BCUT2D eigenvalue weighted by molar-refractivity contribution is 0.350. The van der Waals surface area contributed by atoms with Crippen molar-refractivity contribution < 1.29 is 4.43 Å². The lowest BCUT2D eigenvalue weighted by Gasteiger charge is -2.29. The Hall–Kier alpha value is -0.243. The van der Waals surface area contributed by atoms with Gasteiger partial charge in [0.2, 0.25) is 8.32 Å². The Morgan fingerprint density at radius 1 is 1.31 bits per heavy atom. The van der Waals surface area contributed by atoms with Crippen LogP contribution in [0.5, 0.6) is 0 Å². The number of hydrogen-bond acceptors (Lipinski definition) is 1. The maximum atomic E-state index is 6.08. The van der Waals surface area contributed by atoms with Crippen LogP contribution >= 0.6 is 0 Å². The van der Waals surface area contributed by atoms with Gasteiger partial charge >= 0.3 is 0 Å². The van der Waals surface area contributed by atoms with E-state index in [1.807, 2.05) is 0 Å². The molecule has 1 rings (SSSR count). The van der Waals surface area contributed by atoms with Crippen molar-refractivity contribution in [2.24, 2.45) is 5.92 Å². The van der Waals surface area contributed by atoms with Gasteiger partial charge < -0.3 is 4.43 Å². The Bertz CT molecular complexity index is 213. The van der Waals surface area contributed by atoms with E-state index in [2.05, 4.69) is 33.5 Å². The molecule has 76 valence electrons. The molecule has 0 bridgehead atoms. The monoisotopic (exact) mass is 198 g/mol. The van der Waals surface area contributed by atoms with Crippen LogP contribution in [-0.4, -0.2) is 8.32 Å². The highest BCUT2D eigenvalue weighted by atomic mass is 28.4. The normalized spacial score (nSPS) is 24.8. The standard InChI is InChI=1S/C11H22OSi/c1-9-7-6-8-11(10(9)2)12-13(3,4)5/h9H,6-8H2,1-5H3. The Morgan fingerprint density at radius 2 is 1.92 bits per heavy atom.